The van der Waals surface area contributed by atoms with E-state index in [-0.39, 0.29) is 0 Å². The molecule has 10 heteroatoms. The monoisotopic (exact) mass is 442 g/mol. The predicted molar refractivity (Wildman–Crippen MR) is 116 cm³/mol. The third-order valence-corrected chi connectivity index (χ3v) is 5.99. The summed E-state index contributed by atoms with van der Waals surface area (Å²) in [7, 11) is 4.47. The second-order valence-electron chi connectivity index (χ2n) is 6.64. The number of methoxy groups -OCH3 is 3. The van der Waals surface area contributed by atoms with Gasteiger partial charge in [0, 0.05) is 10.4 Å². The van der Waals surface area contributed by atoms with Crippen LogP contribution in [0.1, 0.15) is 34.4 Å². The number of nitrogens with zero attached hydrogens (tertiary/aromatic N) is 2. The molecule has 0 saturated heterocycles. The minimum Gasteiger partial charge on any atom is -0.493 e. The number of anilines is 1. The molecule has 0 fully saturated rings. The quantitative estimate of drug-likeness (QED) is 0.403. The average Bonchev–Trinajstić information content (AvgIpc) is 3.14. The number of rotatable bonds is 6. The Balaban J connectivity index is 1.67. The number of thiophene rings is 1. The smallest absolute Gasteiger partial charge is 0.329 e. The molecule has 1 aliphatic rings. The highest BCUT2D eigenvalue weighted by Gasteiger charge is 2.23. The maximum atomic E-state index is 12.3. The molecule has 0 unspecified atom stereocenters. The number of hydrogen-bond acceptors (Lipinski definition) is 8. The topological polar surface area (TPSA) is 122 Å². The zero-order valence-electron chi connectivity index (χ0n) is 17.4. The van der Waals surface area contributed by atoms with Crippen LogP contribution in [0.4, 0.5) is 5.00 Å². The van der Waals surface area contributed by atoms with E-state index < -0.39 is 11.8 Å². The second-order valence-corrected chi connectivity index (χ2v) is 7.74. The number of ether oxygens (including phenoxy) is 3. The molecule has 1 aromatic carbocycles. The maximum absolute atomic E-state index is 12.3. The van der Waals surface area contributed by atoms with Crippen LogP contribution in [-0.4, -0.2) is 39.4 Å². The van der Waals surface area contributed by atoms with Gasteiger partial charge >= 0.3 is 11.8 Å². The van der Waals surface area contributed by atoms with Gasteiger partial charge in [-0.1, -0.05) is 0 Å². The van der Waals surface area contributed by atoms with Gasteiger partial charge in [0.2, 0.25) is 5.75 Å². The van der Waals surface area contributed by atoms with E-state index in [4.69, 9.17) is 14.2 Å². The van der Waals surface area contributed by atoms with Gasteiger partial charge in [-0.05, 0) is 43.4 Å². The van der Waals surface area contributed by atoms with Crippen LogP contribution in [0.15, 0.2) is 17.2 Å². The number of nitriles is 1. The normalized spacial score (nSPS) is 12.6. The summed E-state index contributed by atoms with van der Waals surface area (Å²) in [6.07, 6.45) is 5.12. The first kappa shape index (κ1) is 22.1. The fraction of sp³-hybridized carbons (Fsp3) is 0.333. The molecular formula is C21H22N4O5S. The van der Waals surface area contributed by atoms with Crippen molar-refractivity contribution in [3.8, 4) is 23.3 Å². The van der Waals surface area contributed by atoms with E-state index in [1.165, 1.54) is 38.9 Å². The molecule has 0 bridgehead atoms. The molecule has 1 aliphatic carbocycles. The molecule has 9 nitrogen and oxygen atoms in total. The highest BCUT2D eigenvalue weighted by atomic mass is 32.1. The first-order valence-electron chi connectivity index (χ1n) is 9.51. The number of aryl methyl sites for hydroxylation is 1. The molecule has 0 spiro atoms. The first-order valence-corrected chi connectivity index (χ1v) is 10.3. The van der Waals surface area contributed by atoms with E-state index in [2.05, 4.69) is 21.9 Å². The van der Waals surface area contributed by atoms with Crippen molar-refractivity contribution in [2.24, 2.45) is 5.10 Å². The fourth-order valence-electron chi connectivity index (χ4n) is 3.32. The van der Waals surface area contributed by atoms with Gasteiger partial charge in [-0.25, -0.2) is 5.43 Å². The van der Waals surface area contributed by atoms with Gasteiger partial charge in [0.1, 0.15) is 11.1 Å². The second kappa shape index (κ2) is 9.95. The van der Waals surface area contributed by atoms with Crippen LogP contribution in [0.2, 0.25) is 0 Å². The van der Waals surface area contributed by atoms with Gasteiger partial charge in [-0.2, -0.15) is 10.4 Å². The highest BCUT2D eigenvalue weighted by Crippen LogP contribution is 2.38. The van der Waals surface area contributed by atoms with E-state index >= 15 is 0 Å². The minimum absolute atomic E-state index is 0.406. The molecule has 1 aromatic heterocycles. The molecule has 31 heavy (non-hydrogen) atoms. The molecular weight excluding hydrogens is 420 g/mol. The summed E-state index contributed by atoms with van der Waals surface area (Å²) in [5, 5.41) is 16.2. The maximum Gasteiger partial charge on any atom is 0.329 e. The fourth-order valence-corrected chi connectivity index (χ4v) is 4.56. The number of amides is 2. The van der Waals surface area contributed by atoms with Crippen LogP contribution in [0.3, 0.4) is 0 Å². The van der Waals surface area contributed by atoms with Crippen molar-refractivity contribution < 1.29 is 23.8 Å². The summed E-state index contributed by atoms with van der Waals surface area (Å²) in [5.41, 5.74) is 4.17. The van der Waals surface area contributed by atoms with E-state index in [0.717, 1.165) is 36.1 Å². The van der Waals surface area contributed by atoms with Crippen LogP contribution in [-0.2, 0) is 22.4 Å². The Morgan fingerprint density at radius 2 is 1.77 bits per heavy atom. The molecule has 2 aromatic rings. The lowest BCUT2D eigenvalue weighted by molar-refractivity contribution is -0.136. The number of benzene rings is 1. The number of carbonyl (C=O) groups excluding carboxylic acids is 2. The lowest BCUT2D eigenvalue weighted by Gasteiger charge is -2.12. The Labute approximate surface area is 183 Å². The third kappa shape index (κ3) is 4.78. The molecule has 0 saturated carbocycles. The van der Waals surface area contributed by atoms with E-state index in [1.54, 1.807) is 12.1 Å². The van der Waals surface area contributed by atoms with Gasteiger partial charge < -0.3 is 19.5 Å². The van der Waals surface area contributed by atoms with Crippen LogP contribution in [0, 0.1) is 11.3 Å². The minimum atomic E-state index is -0.945. The lowest BCUT2D eigenvalue weighted by Crippen LogP contribution is -2.32. The lowest BCUT2D eigenvalue weighted by atomic mass is 9.96. The van der Waals surface area contributed by atoms with Crippen molar-refractivity contribution in [1.29, 1.82) is 5.26 Å². The molecule has 0 atom stereocenters. The zero-order chi connectivity index (χ0) is 22.4. The van der Waals surface area contributed by atoms with Crippen LogP contribution < -0.4 is 25.0 Å². The van der Waals surface area contributed by atoms with Crippen LogP contribution in [0.5, 0.6) is 17.2 Å². The van der Waals surface area contributed by atoms with Gasteiger partial charge in [-0.3, -0.25) is 9.59 Å². The van der Waals surface area contributed by atoms with E-state index in [9.17, 15) is 14.9 Å². The number of carbonyl (C=O) groups is 2. The summed E-state index contributed by atoms with van der Waals surface area (Å²) >= 11 is 1.35. The number of nitrogens with one attached hydrogen (secondary N) is 2. The molecule has 3 rings (SSSR count). The SMILES string of the molecule is COc1cc(C=NNC(=O)C(=O)Nc2sc3c(c2C#N)CCCC3)cc(OC)c1OC. The predicted octanol–water partition coefficient (Wildman–Crippen LogP) is 2.61. The molecule has 2 amide bonds. The van der Waals surface area contributed by atoms with Crippen molar-refractivity contribution in [1.82, 2.24) is 5.43 Å². The highest BCUT2D eigenvalue weighted by molar-refractivity contribution is 7.16. The van der Waals surface area contributed by atoms with Crippen molar-refractivity contribution in [2.45, 2.75) is 25.7 Å². The van der Waals surface area contributed by atoms with E-state index in [0.29, 0.717) is 33.4 Å². The summed E-state index contributed by atoms with van der Waals surface area (Å²) in [6.45, 7) is 0. The van der Waals surface area contributed by atoms with Crippen molar-refractivity contribution in [3.05, 3.63) is 33.7 Å². The van der Waals surface area contributed by atoms with Gasteiger partial charge in [0.05, 0.1) is 33.1 Å². The Morgan fingerprint density at radius 3 is 2.39 bits per heavy atom. The Morgan fingerprint density at radius 1 is 1.10 bits per heavy atom. The van der Waals surface area contributed by atoms with Crippen molar-refractivity contribution in [2.75, 3.05) is 26.6 Å². The third-order valence-electron chi connectivity index (χ3n) is 4.78. The molecule has 1 heterocycles. The summed E-state index contributed by atoms with van der Waals surface area (Å²) in [4.78, 5) is 25.5. The average molecular weight is 442 g/mol. The van der Waals surface area contributed by atoms with Gasteiger partial charge in [0.15, 0.2) is 11.5 Å². The molecule has 0 radical (unpaired) electrons. The Bertz CT molecular complexity index is 1050. The number of hydrogen-bond donors (Lipinski definition) is 2. The van der Waals surface area contributed by atoms with Crippen LogP contribution >= 0.6 is 11.3 Å². The van der Waals surface area contributed by atoms with E-state index in [1.807, 2.05) is 0 Å². The first-order chi connectivity index (χ1) is 15.0. The zero-order valence-corrected chi connectivity index (χ0v) is 18.2. The van der Waals surface area contributed by atoms with Gasteiger partial charge in [0.25, 0.3) is 0 Å². The Hall–Kier alpha value is -3.58. The van der Waals surface area contributed by atoms with Crippen molar-refractivity contribution in [3.63, 3.8) is 0 Å². The Kier molecular flexibility index (Phi) is 7.10. The van der Waals surface area contributed by atoms with Crippen molar-refractivity contribution >= 4 is 34.4 Å². The van der Waals surface area contributed by atoms with Gasteiger partial charge in [-0.15, -0.1) is 11.3 Å². The largest absolute Gasteiger partial charge is 0.493 e. The number of fused-ring (bicyclic) bond motifs is 1. The van der Waals surface area contributed by atoms with Crippen LogP contribution in [0.25, 0.3) is 0 Å². The summed E-state index contributed by atoms with van der Waals surface area (Å²) in [5.74, 6) is -0.551. The number of hydrazone groups is 1. The molecule has 2 N–H and O–H groups in total. The summed E-state index contributed by atoms with van der Waals surface area (Å²) < 4.78 is 15.8. The molecule has 0 aliphatic heterocycles. The summed E-state index contributed by atoms with van der Waals surface area (Å²) in [6, 6.07) is 5.43. The standard InChI is InChI=1S/C21H22N4O5S/c1-28-15-8-12(9-16(29-2)18(15)30-3)11-23-25-20(27)19(26)24-21-14(10-22)13-6-4-5-7-17(13)31-21/h8-9,11H,4-7H2,1-3H3,(H,24,26)(H,25,27). The molecule has 162 valence electrons.